The highest BCUT2D eigenvalue weighted by atomic mass is 16.6. The van der Waals surface area contributed by atoms with Gasteiger partial charge in [-0.15, -0.1) is 0 Å². The molecule has 8 heteroatoms. The molecule has 1 N–H and O–H groups in total. The van der Waals surface area contributed by atoms with Crippen LogP contribution in [0.1, 0.15) is 68.2 Å². The van der Waals surface area contributed by atoms with Gasteiger partial charge in [0.1, 0.15) is 5.60 Å². The van der Waals surface area contributed by atoms with Crippen LogP contribution in [0.25, 0.3) is 0 Å². The molecule has 0 aliphatic carbocycles. The highest BCUT2D eigenvalue weighted by molar-refractivity contribution is 5.94. The van der Waals surface area contributed by atoms with Crippen molar-refractivity contribution in [2.45, 2.75) is 71.1 Å². The van der Waals surface area contributed by atoms with Crippen molar-refractivity contribution >= 4 is 12.0 Å². The molecule has 0 bridgehead atoms. The maximum Gasteiger partial charge on any atom is 0.410 e. The lowest BCUT2D eigenvalue weighted by molar-refractivity contribution is 0.0220. The van der Waals surface area contributed by atoms with Crippen molar-refractivity contribution in [3.63, 3.8) is 0 Å². The van der Waals surface area contributed by atoms with Crippen molar-refractivity contribution in [2.75, 3.05) is 19.7 Å². The summed E-state index contributed by atoms with van der Waals surface area (Å²) in [5.74, 6) is -0.0963. The van der Waals surface area contributed by atoms with Crippen molar-refractivity contribution in [3.8, 4) is 0 Å². The summed E-state index contributed by atoms with van der Waals surface area (Å²) in [4.78, 5) is 29.3. The van der Waals surface area contributed by atoms with Crippen LogP contribution in [-0.4, -0.2) is 68.0 Å². The maximum atomic E-state index is 13.3. The van der Waals surface area contributed by atoms with Crippen molar-refractivity contribution in [2.24, 2.45) is 7.05 Å². The number of hydrogen-bond acceptors (Lipinski definition) is 5. The molecule has 1 aromatic heterocycles. The minimum Gasteiger partial charge on any atom is -0.444 e. The standard InChI is InChI=1S/C20H32N4O4/c1-20(2,3)28-19(27)23-11-8-16-15(13-23)17(21-22(16)4)18(26)24-10-6-5-7-14(24)9-12-25/h14,25H,5-13H2,1-4H3. The van der Waals surface area contributed by atoms with E-state index < -0.39 is 5.60 Å². The van der Waals surface area contributed by atoms with E-state index in [1.807, 2.05) is 32.7 Å². The molecule has 3 heterocycles. The molecule has 1 atom stereocenters. The van der Waals surface area contributed by atoms with Crippen molar-refractivity contribution in [1.29, 1.82) is 0 Å². The second kappa shape index (κ2) is 8.11. The second-order valence-electron chi connectivity index (χ2n) is 8.71. The second-order valence-corrected chi connectivity index (χ2v) is 8.71. The number of amides is 2. The van der Waals surface area contributed by atoms with Crippen molar-refractivity contribution in [1.82, 2.24) is 19.6 Å². The molecule has 0 spiro atoms. The zero-order valence-corrected chi connectivity index (χ0v) is 17.4. The number of aromatic nitrogens is 2. The van der Waals surface area contributed by atoms with Gasteiger partial charge in [-0.2, -0.15) is 5.10 Å². The normalized spacial score (nSPS) is 20.1. The van der Waals surface area contributed by atoms with Crippen LogP contribution in [0, 0.1) is 0 Å². The molecule has 0 saturated carbocycles. The number of rotatable bonds is 3. The van der Waals surface area contributed by atoms with Gasteiger partial charge in [-0.05, 0) is 46.5 Å². The van der Waals surface area contributed by atoms with Crippen LogP contribution in [0.3, 0.4) is 0 Å². The summed E-state index contributed by atoms with van der Waals surface area (Å²) in [5, 5.41) is 13.9. The third-order valence-corrected chi connectivity index (χ3v) is 5.45. The molecule has 0 radical (unpaired) electrons. The third-order valence-electron chi connectivity index (χ3n) is 5.45. The number of ether oxygens (including phenoxy) is 1. The Balaban J connectivity index is 1.83. The fourth-order valence-corrected chi connectivity index (χ4v) is 4.10. The Morgan fingerprint density at radius 1 is 1.25 bits per heavy atom. The first-order chi connectivity index (χ1) is 13.2. The van der Waals surface area contributed by atoms with Gasteiger partial charge in [0.05, 0.1) is 6.54 Å². The van der Waals surface area contributed by atoms with Gasteiger partial charge in [0, 0.05) is 50.5 Å². The summed E-state index contributed by atoms with van der Waals surface area (Å²) >= 11 is 0. The van der Waals surface area contributed by atoms with E-state index in [0.717, 1.165) is 30.5 Å². The van der Waals surface area contributed by atoms with E-state index in [-0.39, 0.29) is 24.6 Å². The van der Waals surface area contributed by atoms with Crippen molar-refractivity contribution < 1.29 is 19.4 Å². The van der Waals surface area contributed by atoms with Crippen molar-refractivity contribution in [3.05, 3.63) is 17.0 Å². The van der Waals surface area contributed by atoms with Crippen LogP contribution in [-0.2, 0) is 24.8 Å². The number of likely N-dealkylation sites (tertiary alicyclic amines) is 1. The van der Waals surface area contributed by atoms with Crippen LogP contribution in [0.4, 0.5) is 4.79 Å². The lowest BCUT2D eigenvalue weighted by Gasteiger charge is -2.35. The Morgan fingerprint density at radius 3 is 2.68 bits per heavy atom. The molecule has 2 aliphatic rings. The summed E-state index contributed by atoms with van der Waals surface area (Å²) in [6.45, 7) is 7.17. The van der Waals surface area contributed by atoms with Crippen LogP contribution in [0.5, 0.6) is 0 Å². The fraction of sp³-hybridized carbons (Fsp3) is 0.750. The van der Waals surface area contributed by atoms with Gasteiger partial charge in [-0.3, -0.25) is 9.48 Å². The number of hydrogen-bond donors (Lipinski definition) is 1. The highest BCUT2D eigenvalue weighted by Gasteiger charge is 2.35. The summed E-state index contributed by atoms with van der Waals surface area (Å²) in [6.07, 6.45) is 3.81. The molecular formula is C20H32N4O4. The molecule has 8 nitrogen and oxygen atoms in total. The van der Waals surface area contributed by atoms with Gasteiger partial charge in [0.2, 0.25) is 0 Å². The number of aliphatic hydroxyl groups is 1. The van der Waals surface area contributed by atoms with Gasteiger partial charge in [0.25, 0.3) is 5.91 Å². The van der Waals surface area contributed by atoms with Gasteiger partial charge < -0.3 is 19.6 Å². The van der Waals surface area contributed by atoms with E-state index in [2.05, 4.69) is 5.10 Å². The molecule has 2 amide bonds. The quantitative estimate of drug-likeness (QED) is 0.851. The predicted molar refractivity (Wildman–Crippen MR) is 104 cm³/mol. The number of aryl methyl sites for hydroxylation is 1. The molecule has 1 fully saturated rings. The summed E-state index contributed by atoms with van der Waals surface area (Å²) in [7, 11) is 1.85. The summed E-state index contributed by atoms with van der Waals surface area (Å²) < 4.78 is 7.27. The zero-order valence-electron chi connectivity index (χ0n) is 17.4. The van der Waals surface area contributed by atoms with E-state index >= 15 is 0 Å². The number of nitrogens with zero attached hydrogens (tertiary/aromatic N) is 4. The SMILES string of the molecule is Cn1nc(C(=O)N2CCCCC2CCO)c2c1CCN(C(=O)OC(C)(C)C)C2. The van der Waals surface area contributed by atoms with Gasteiger partial charge in [0.15, 0.2) is 5.69 Å². The largest absolute Gasteiger partial charge is 0.444 e. The van der Waals surface area contributed by atoms with E-state index in [9.17, 15) is 14.7 Å². The van der Waals surface area contributed by atoms with E-state index in [4.69, 9.17) is 4.74 Å². The van der Waals surface area contributed by atoms with E-state index in [1.165, 1.54) is 0 Å². The van der Waals surface area contributed by atoms with Crippen LogP contribution < -0.4 is 0 Å². The number of piperidine rings is 1. The number of carbonyl (C=O) groups excluding carboxylic acids is 2. The van der Waals surface area contributed by atoms with Gasteiger partial charge >= 0.3 is 6.09 Å². The summed E-state index contributed by atoms with van der Waals surface area (Å²) in [5.41, 5.74) is 1.68. The molecule has 0 aromatic carbocycles. The first-order valence-electron chi connectivity index (χ1n) is 10.2. The third kappa shape index (κ3) is 4.32. The number of aliphatic hydroxyl groups excluding tert-OH is 1. The Hall–Kier alpha value is -2.09. The molecular weight excluding hydrogens is 360 g/mol. The first-order valence-corrected chi connectivity index (χ1v) is 10.2. The molecule has 1 unspecified atom stereocenters. The average molecular weight is 393 g/mol. The highest BCUT2D eigenvalue weighted by Crippen LogP contribution is 2.27. The van der Waals surface area contributed by atoms with E-state index in [0.29, 0.717) is 38.2 Å². The molecule has 156 valence electrons. The van der Waals surface area contributed by atoms with Gasteiger partial charge in [-0.1, -0.05) is 0 Å². The molecule has 1 aromatic rings. The Bertz CT molecular complexity index is 735. The summed E-state index contributed by atoms with van der Waals surface area (Å²) in [6, 6.07) is 0.0504. The topological polar surface area (TPSA) is 87.9 Å². The minimum absolute atomic E-state index is 0.0504. The van der Waals surface area contributed by atoms with Gasteiger partial charge in [-0.25, -0.2) is 4.79 Å². The molecule has 28 heavy (non-hydrogen) atoms. The lowest BCUT2D eigenvalue weighted by atomic mass is 9.98. The lowest BCUT2D eigenvalue weighted by Crippen LogP contribution is -2.45. The van der Waals surface area contributed by atoms with Crippen LogP contribution >= 0.6 is 0 Å². The van der Waals surface area contributed by atoms with Crippen LogP contribution in [0.15, 0.2) is 0 Å². The maximum absolute atomic E-state index is 13.3. The molecule has 1 saturated heterocycles. The smallest absolute Gasteiger partial charge is 0.410 e. The molecule has 3 rings (SSSR count). The zero-order chi connectivity index (χ0) is 20.5. The Kier molecular flexibility index (Phi) is 5.98. The Labute approximate surface area is 166 Å². The van der Waals surface area contributed by atoms with E-state index in [1.54, 1.807) is 9.58 Å². The molecule has 2 aliphatic heterocycles. The van der Waals surface area contributed by atoms with Crippen LogP contribution in [0.2, 0.25) is 0 Å². The average Bonchev–Trinajstić information content (AvgIpc) is 2.97. The number of fused-ring (bicyclic) bond motifs is 1. The Morgan fingerprint density at radius 2 is 2.00 bits per heavy atom. The fourth-order valence-electron chi connectivity index (χ4n) is 4.10. The monoisotopic (exact) mass is 392 g/mol. The number of carbonyl (C=O) groups is 2. The minimum atomic E-state index is -0.559. The predicted octanol–water partition coefficient (Wildman–Crippen LogP) is 2.09. The first kappa shape index (κ1) is 20.6.